The summed E-state index contributed by atoms with van der Waals surface area (Å²) in [5.41, 5.74) is 6.96. The highest BCUT2D eigenvalue weighted by atomic mass is 16.2. The van der Waals surface area contributed by atoms with E-state index in [1.807, 2.05) is 30.3 Å². The second-order valence-electron chi connectivity index (χ2n) is 4.34. The Morgan fingerprint density at radius 3 is 2.58 bits per heavy atom. The number of carbonyl (C=O) groups is 2. The first-order valence-electron chi connectivity index (χ1n) is 6.41. The van der Waals surface area contributed by atoms with Gasteiger partial charge in [0.2, 0.25) is 11.8 Å². The van der Waals surface area contributed by atoms with Gasteiger partial charge in [-0.2, -0.15) is 0 Å². The van der Waals surface area contributed by atoms with Crippen LogP contribution in [-0.4, -0.2) is 31.4 Å². The van der Waals surface area contributed by atoms with Crippen LogP contribution in [0.2, 0.25) is 0 Å². The van der Waals surface area contributed by atoms with E-state index in [4.69, 9.17) is 5.73 Å². The van der Waals surface area contributed by atoms with Gasteiger partial charge in [0.05, 0.1) is 6.04 Å². The lowest BCUT2D eigenvalue weighted by atomic mass is 10.1. The van der Waals surface area contributed by atoms with Crippen molar-refractivity contribution in [3.63, 3.8) is 0 Å². The topological polar surface area (TPSA) is 84.2 Å². The van der Waals surface area contributed by atoms with Crippen LogP contribution in [0.1, 0.15) is 18.4 Å². The summed E-state index contributed by atoms with van der Waals surface area (Å²) in [6.07, 6.45) is 1.63. The van der Waals surface area contributed by atoms with Crippen molar-refractivity contribution in [3.8, 4) is 0 Å². The summed E-state index contributed by atoms with van der Waals surface area (Å²) in [6, 6.07) is 9.36. The largest absolute Gasteiger partial charge is 0.359 e. The molecule has 0 heterocycles. The van der Waals surface area contributed by atoms with Gasteiger partial charge in [-0.15, -0.1) is 0 Å². The van der Waals surface area contributed by atoms with E-state index >= 15 is 0 Å². The molecule has 2 amide bonds. The van der Waals surface area contributed by atoms with Gasteiger partial charge in [-0.25, -0.2) is 0 Å². The molecule has 4 N–H and O–H groups in total. The lowest BCUT2D eigenvalue weighted by molar-refractivity contribution is -0.123. The number of nitrogens with two attached hydrogens (primary N) is 1. The number of rotatable bonds is 7. The number of nitrogens with one attached hydrogen (secondary N) is 2. The molecule has 0 unspecified atom stereocenters. The average molecular weight is 263 g/mol. The van der Waals surface area contributed by atoms with E-state index in [9.17, 15) is 9.59 Å². The van der Waals surface area contributed by atoms with Gasteiger partial charge in [-0.05, 0) is 18.4 Å². The Morgan fingerprint density at radius 1 is 1.26 bits per heavy atom. The Morgan fingerprint density at radius 2 is 1.95 bits per heavy atom. The molecule has 104 valence electrons. The summed E-state index contributed by atoms with van der Waals surface area (Å²) < 4.78 is 0. The van der Waals surface area contributed by atoms with Crippen molar-refractivity contribution in [3.05, 3.63) is 35.9 Å². The molecule has 0 fully saturated rings. The Labute approximate surface area is 113 Å². The van der Waals surface area contributed by atoms with Crippen molar-refractivity contribution in [1.82, 2.24) is 10.6 Å². The van der Waals surface area contributed by atoms with E-state index in [2.05, 4.69) is 10.6 Å². The van der Waals surface area contributed by atoms with Gasteiger partial charge in [0, 0.05) is 20.0 Å². The van der Waals surface area contributed by atoms with Crippen molar-refractivity contribution in [1.29, 1.82) is 0 Å². The third-order valence-electron chi connectivity index (χ3n) is 2.85. The fourth-order valence-corrected chi connectivity index (χ4v) is 1.65. The minimum atomic E-state index is -0.537. The molecule has 0 aliphatic heterocycles. The highest BCUT2D eigenvalue weighted by molar-refractivity contribution is 5.82. The molecular weight excluding hydrogens is 242 g/mol. The van der Waals surface area contributed by atoms with Crippen LogP contribution in [0.5, 0.6) is 0 Å². The number of aryl methyl sites for hydroxylation is 1. The standard InChI is InChI=1S/C14H21N3O2/c1-16-13(18)9-10-17-14(19)12(15)8-7-11-5-3-2-4-6-11/h2-6,12H,7-10,15H2,1H3,(H,16,18)(H,17,19)/t12-/m0/s1. The Balaban J connectivity index is 2.23. The summed E-state index contributed by atoms with van der Waals surface area (Å²) in [4.78, 5) is 22.6. The fraction of sp³-hybridized carbons (Fsp3) is 0.429. The summed E-state index contributed by atoms with van der Waals surface area (Å²) >= 11 is 0. The maximum absolute atomic E-state index is 11.7. The van der Waals surface area contributed by atoms with Crippen LogP contribution in [0.4, 0.5) is 0 Å². The average Bonchev–Trinajstić information content (AvgIpc) is 2.45. The summed E-state index contributed by atoms with van der Waals surface area (Å²) in [5, 5.41) is 5.15. The molecule has 5 nitrogen and oxygen atoms in total. The first-order chi connectivity index (χ1) is 9.13. The SMILES string of the molecule is CNC(=O)CCNC(=O)[C@@H](N)CCc1ccccc1. The number of hydrogen-bond donors (Lipinski definition) is 3. The van der Waals surface area contributed by atoms with E-state index in [1.165, 1.54) is 0 Å². The van der Waals surface area contributed by atoms with E-state index in [-0.39, 0.29) is 18.2 Å². The summed E-state index contributed by atoms with van der Waals surface area (Å²) in [5.74, 6) is -0.307. The Hall–Kier alpha value is -1.88. The third kappa shape index (κ3) is 6.01. The zero-order valence-electron chi connectivity index (χ0n) is 11.2. The van der Waals surface area contributed by atoms with Gasteiger partial charge in [0.25, 0.3) is 0 Å². The van der Waals surface area contributed by atoms with E-state index in [0.717, 1.165) is 12.0 Å². The molecule has 0 saturated carbocycles. The van der Waals surface area contributed by atoms with Crippen LogP contribution in [0.3, 0.4) is 0 Å². The Kier molecular flexibility index (Phi) is 6.60. The molecule has 1 aromatic carbocycles. The molecular formula is C14H21N3O2. The highest BCUT2D eigenvalue weighted by Crippen LogP contribution is 2.03. The highest BCUT2D eigenvalue weighted by Gasteiger charge is 2.13. The van der Waals surface area contributed by atoms with E-state index < -0.39 is 6.04 Å². The molecule has 0 aromatic heterocycles. The third-order valence-corrected chi connectivity index (χ3v) is 2.85. The lowest BCUT2D eigenvalue weighted by Gasteiger charge is -2.12. The second kappa shape index (κ2) is 8.26. The Bertz CT molecular complexity index is 406. The fourth-order valence-electron chi connectivity index (χ4n) is 1.65. The van der Waals surface area contributed by atoms with E-state index in [1.54, 1.807) is 7.05 Å². The van der Waals surface area contributed by atoms with Crippen LogP contribution < -0.4 is 16.4 Å². The second-order valence-corrected chi connectivity index (χ2v) is 4.34. The maximum Gasteiger partial charge on any atom is 0.236 e. The maximum atomic E-state index is 11.7. The van der Waals surface area contributed by atoms with Gasteiger partial charge in [0.15, 0.2) is 0 Å². The number of amides is 2. The smallest absolute Gasteiger partial charge is 0.236 e. The van der Waals surface area contributed by atoms with Crippen LogP contribution in [0.25, 0.3) is 0 Å². The van der Waals surface area contributed by atoms with Gasteiger partial charge < -0.3 is 16.4 Å². The van der Waals surface area contributed by atoms with Crippen molar-refractivity contribution < 1.29 is 9.59 Å². The molecule has 5 heteroatoms. The molecule has 1 aromatic rings. The van der Waals surface area contributed by atoms with Crippen LogP contribution >= 0.6 is 0 Å². The van der Waals surface area contributed by atoms with Crippen LogP contribution in [-0.2, 0) is 16.0 Å². The van der Waals surface area contributed by atoms with Crippen molar-refractivity contribution in [2.45, 2.75) is 25.3 Å². The van der Waals surface area contributed by atoms with Gasteiger partial charge >= 0.3 is 0 Å². The van der Waals surface area contributed by atoms with Gasteiger partial charge in [-0.3, -0.25) is 9.59 Å². The number of carbonyl (C=O) groups excluding carboxylic acids is 2. The normalized spacial score (nSPS) is 11.7. The van der Waals surface area contributed by atoms with Gasteiger partial charge in [-0.1, -0.05) is 30.3 Å². The van der Waals surface area contributed by atoms with Crippen LogP contribution in [0, 0.1) is 0 Å². The minimum Gasteiger partial charge on any atom is -0.359 e. The quantitative estimate of drug-likeness (QED) is 0.657. The van der Waals surface area contributed by atoms with Crippen LogP contribution in [0.15, 0.2) is 30.3 Å². The first kappa shape index (κ1) is 15.2. The van der Waals surface area contributed by atoms with E-state index in [0.29, 0.717) is 13.0 Å². The minimum absolute atomic E-state index is 0.0989. The summed E-state index contributed by atoms with van der Waals surface area (Å²) in [6.45, 7) is 0.317. The monoisotopic (exact) mass is 263 g/mol. The molecule has 0 bridgehead atoms. The number of hydrogen-bond acceptors (Lipinski definition) is 3. The molecule has 1 rings (SSSR count). The zero-order chi connectivity index (χ0) is 14.1. The van der Waals surface area contributed by atoms with Gasteiger partial charge in [0.1, 0.15) is 0 Å². The predicted molar refractivity (Wildman–Crippen MR) is 74.4 cm³/mol. The van der Waals surface area contributed by atoms with Crippen molar-refractivity contribution >= 4 is 11.8 Å². The molecule has 0 aliphatic rings. The molecule has 1 atom stereocenters. The molecule has 0 radical (unpaired) electrons. The van der Waals surface area contributed by atoms with Crippen molar-refractivity contribution in [2.75, 3.05) is 13.6 Å². The molecule has 0 saturated heterocycles. The first-order valence-corrected chi connectivity index (χ1v) is 6.41. The lowest BCUT2D eigenvalue weighted by Crippen LogP contribution is -2.42. The summed E-state index contributed by atoms with van der Waals surface area (Å²) in [7, 11) is 1.57. The molecule has 0 aliphatic carbocycles. The zero-order valence-corrected chi connectivity index (χ0v) is 11.2. The molecule has 19 heavy (non-hydrogen) atoms. The molecule has 0 spiro atoms. The number of benzene rings is 1. The predicted octanol–water partition coefficient (Wildman–Crippen LogP) is 0.199. The van der Waals surface area contributed by atoms with Crippen molar-refractivity contribution in [2.24, 2.45) is 5.73 Å².